The van der Waals surface area contributed by atoms with Crippen molar-refractivity contribution in [2.45, 2.75) is 6.92 Å². The summed E-state index contributed by atoms with van der Waals surface area (Å²) < 4.78 is 14.4. The van der Waals surface area contributed by atoms with Crippen LogP contribution in [0.2, 0.25) is 0 Å². The van der Waals surface area contributed by atoms with Gasteiger partial charge in [-0.05, 0) is 41.8 Å². The van der Waals surface area contributed by atoms with E-state index in [0.29, 0.717) is 22.4 Å². The van der Waals surface area contributed by atoms with Crippen LogP contribution in [0.1, 0.15) is 18.1 Å². The molecule has 0 aliphatic carbocycles. The first-order valence-electron chi connectivity index (χ1n) is 8.98. The molecule has 4 rings (SSSR count). The molecule has 4 aromatic rings. The van der Waals surface area contributed by atoms with Gasteiger partial charge in [-0.3, -0.25) is 4.98 Å². The van der Waals surface area contributed by atoms with Crippen LogP contribution in [0, 0.1) is 5.82 Å². The van der Waals surface area contributed by atoms with E-state index in [0.717, 1.165) is 22.3 Å². The highest BCUT2D eigenvalue weighted by Crippen LogP contribution is 2.35. The summed E-state index contributed by atoms with van der Waals surface area (Å²) in [7, 11) is 0. The first kappa shape index (κ1) is 17.7. The number of pyridine rings is 1. The van der Waals surface area contributed by atoms with Crippen LogP contribution in [0.5, 0.6) is 0 Å². The van der Waals surface area contributed by atoms with Gasteiger partial charge in [-0.25, -0.2) is 14.4 Å². The summed E-state index contributed by atoms with van der Waals surface area (Å²) in [4.78, 5) is 13.4. The minimum absolute atomic E-state index is 0.322. The Bertz CT molecular complexity index is 1210. The monoisotopic (exact) mass is 367 g/mol. The van der Waals surface area contributed by atoms with Crippen molar-refractivity contribution in [1.82, 2.24) is 15.0 Å². The second kappa shape index (κ2) is 7.53. The third-order valence-corrected chi connectivity index (χ3v) is 4.57. The van der Waals surface area contributed by atoms with Gasteiger partial charge < -0.3 is 0 Å². The van der Waals surface area contributed by atoms with Crippen LogP contribution in [-0.4, -0.2) is 15.0 Å². The standard InChI is InChI=1S/C24H18FN3/c1-3-8-17-16(4-2)9-7-11-18(17)20-15-22(19-10-5-6-12-21(19)25)28-24-23(20)26-13-14-27-24/h3-15H,2H2,1H3/b8-3-. The smallest absolute Gasteiger partial charge is 0.179 e. The second-order valence-corrected chi connectivity index (χ2v) is 6.28. The highest BCUT2D eigenvalue weighted by atomic mass is 19.1. The molecule has 0 aliphatic heterocycles. The molecular weight excluding hydrogens is 349 g/mol. The molecule has 0 saturated carbocycles. The fourth-order valence-electron chi connectivity index (χ4n) is 3.31. The van der Waals surface area contributed by atoms with Crippen LogP contribution in [0.3, 0.4) is 0 Å². The Hall–Kier alpha value is -3.66. The van der Waals surface area contributed by atoms with Crippen molar-refractivity contribution in [3.63, 3.8) is 0 Å². The fourth-order valence-corrected chi connectivity index (χ4v) is 3.31. The maximum atomic E-state index is 14.4. The predicted octanol–water partition coefficient (Wildman–Crippen LogP) is 6.17. The first-order valence-corrected chi connectivity index (χ1v) is 8.98. The van der Waals surface area contributed by atoms with Crippen LogP contribution >= 0.6 is 0 Å². The minimum Gasteiger partial charge on any atom is -0.251 e. The lowest BCUT2D eigenvalue weighted by Gasteiger charge is -2.13. The van der Waals surface area contributed by atoms with Gasteiger partial charge in [0.2, 0.25) is 0 Å². The highest BCUT2D eigenvalue weighted by molar-refractivity contribution is 5.95. The molecule has 2 aromatic carbocycles. The number of allylic oxidation sites excluding steroid dienone is 1. The number of nitrogens with zero attached hydrogens (tertiary/aromatic N) is 3. The van der Waals surface area contributed by atoms with Crippen molar-refractivity contribution in [2.24, 2.45) is 0 Å². The van der Waals surface area contributed by atoms with Gasteiger partial charge in [-0.2, -0.15) is 0 Å². The number of fused-ring (bicyclic) bond motifs is 1. The topological polar surface area (TPSA) is 38.7 Å². The van der Waals surface area contributed by atoms with E-state index in [4.69, 9.17) is 0 Å². The van der Waals surface area contributed by atoms with Crippen molar-refractivity contribution in [3.8, 4) is 22.4 Å². The SMILES string of the molecule is C=Cc1cccc(-c2cc(-c3ccccc3F)nc3nccnc23)c1/C=C\C. The van der Waals surface area contributed by atoms with Gasteiger partial charge in [-0.1, -0.05) is 55.1 Å². The van der Waals surface area contributed by atoms with Gasteiger partial charge in [0, 0.05) is 23.5 Å². The van der Waals surface area contributed by atoms with Crippen molar-refractivity contribution >= 4 is 23.3 Å². The number of rotatable bonds is 4. The minimum atomic E-state index is -0.322. The third kappa shape index (κ3) is 3.09. The van der Waals surface area contributed by atoms with E-state index in [1.54, 1.807) is 30.6 Å². The van der Waals surface area contributed by atoms with E-state index < -0.39 is 0 Å². The second-order valence-electron chi connectivity index (χ2n) is 6.28. The Labute approximate surface area is 162 Å². The molecule has 0 atom stereocenters. The zero-order valence-electron chi connectivity index (χ0n) is 15.4. The van der Waals surface area contributed by atoms with Gasteiger partial charge in [0.15, 0.2) is 5.65 Å². The molecule has 0 amide bonds. The Kier molecular flexibility index (Phi) is 4.77. The molecular formula is C24H18FN3. The largest absolute Gasteiger partial charge is 0.251 e. The highest BCUT2D eigenvalue weighted by Gasteiger charge is 2.16. The molecule has 0 fully saturated rings. The number of benzene rings is 2. The molecule has 2 heterocycles. The molecule has 0 radical (unpaired) electrons. The molecule has 0 unspecified atom stereocenters. The summed E-state index contributed by atoms with van der Waals surface area (Å²) in [6.07, 6.45) is 9.09. The normalized spacial score (nSPS) is 11.2. The van der Waals surface area contributed by atoms with E-state index in [1.807, 2.05) is 49.4 Å². The summed E-state index contributed by atoms with van der Waals surface area (Å²) in [5.41, 5.74) is 5.98. The van der Waals surface area contributed by atoms with Crippen LogP contribution in [0.4, 0.5) is 4.39 Å². The molecule has 4 heteroatoms. The number of hydrogen-bond donors (Lipinski definition) is 0. The van der Waals surface area contributed by atoms with Gasteiger partial charge >= 0.3 is 0 Å². The van der Waals surface area contributed by atoms with Crippen molar-refractivity contribution in [2.75, 3.05) is 0 Å². The third-order valence-electron chi connectivity index (χ3n) is 4.57. The quantitative estimate of drug-likeness (QED) is 0.433. The summed E-state index contributed by atoms with van der Waals surface area (Å²) in [6.45, 7) is 5.90. The average Bonchev–Trinajstić information content (AvgIpc) is 2.74. The Morgan fingerprint density at radius 2 is 1.71 bits per heavy atom. The average molecular weight is 367 g/mol. The van der Waals surface area contributed by atoms with E-state index in [1.165, 1.54) is 6.07 Å². The molecule has 0 aliphatic rings. The van der Waals surface area contributed by atoms with E-state index in [2.05, 4.69) is 21.5 Å². The van der Waals surface area contributed by atoms with Crippen LogP contribution in [-0.2, 0) is 0 Å². The van der Waals surface area contributed by atoms with E-state index in [-0.39, 0.29) is 5.82 Å². The van der Waals surface area contributed by atoms with E-state index in [9.17, 15) is 4.39 Å². The molecule has 0 saturated heterocycles. The Morgan fingerprint density at radius 3 is 2.50 bits per heavy atom. The maximum absolute atomic E-state index is 14.4. The van der Waals surface area contributed by atoms with Crippen molar-refractivity contribution in [1.29, 1.82) is 0 Å². The summed E-state index contributed by atoms with van der Waals surface area (Å²) >= 11 is 0. The molecule has 2 aromatic heterocycles. The van der Waals surface area contributed by atoms with Crippen LogP contribution in [0.25, 0.3) is 45.7 Å². The summed E-state index contributed by atoms with van der Waals surface area (Å²) in [5, 5.41) is 0. The number of hydrogen-bond acceptors (Lipinski definition) is 3. The lowest BCUT2D eigenvalue weighted by atomic mass is 9.93. The number of halogens is 1. The van der Waals surface area contributed by atoms with Gasteiger partial charge in [-0.15, -0.1) is 0 Å². The zero-order valence-corrected chi connectivity index (χ0v) is 15.4. The molecule has 136 valence electrons. The Morgan fingerprint density at radius 1 is 0.929 bits per heavy atom. The lowest BCUT2D eigenvalue weighted by molar-refractivity contribution is 0.631. The van der Waals surface area contributed by atoms with Crippen molar-refractivity contribution < 1.29 is 4.39 Å². The predicted molar refractivity (Wildman–Crippen MR) is 113 cm³/mol. The van der Waals surface area contributed by atoms with Crippen LogP contribution < -0.4 is 0 Å². The van der Waals surface area contributed by atoms with Gasteiger partial charge in [0.25, 0.3) is 0 Å². The number of aromatic nitrogens is 3. The summed E-state index contributed by atoms with van der Waals surface area (Å²) in [6, 6.07) is 14.5. The molecule has 28 heavy (non-hydrogen) atoms. The Balaban J connectivity index is 2.08. The molecule has 0 N–H and O–H groups in total. The first-order chi connectivity index (χ1) is 13.7. The maximum Gasteiger partial charge on any atom is 0.179 e. The van der Waals surface area contributed by atoms with Gasteiger partial charge in [0.05, 0.1) is 5.69 Å². The van der Waals surface area contributed by atoms with E-state index >= 15 is 0 Å². The van der Waals surface area contributed by atoms with Crippen LogP contribution in [0.15, 0.2) is 73.6 Å². The summed E-state index contributed by atoms with van der Waals surface area (Å²) in [5.74, 6) is -0.322. The molecule has 0 spiro atoms. The van der Waals surface area contributed by atoms with Gasteiger partial charge in [0.1, 0.15) is 11.3 Å². The lowest BCUT2D eigenvalue weighted by Crippen LogP contribution is -1.97. The molecule has 3 nitrogen and oxygen atoms in total. The molecule has 0 bridgehead atoms. The fraction of sp³-hybridized carbons (Fsp3) is 0.0417. The van der Waals surface area contributed by atoms with Crippen molar-refractivity contribution in [3.05, 3.63) is 90.5 Å². The zero-order chi connectivity index (χ0) is 19.5.